The molecule has 23 heavy (non-hydrogen) atoms. The second-order valence-corrected chi connectivity index (χ2v) is 6.09. The number of unbranched alkanes of at least 4 members (excludes halogenated alkanes) is 3. The number of benzene rings is 1. The fraction of sp³-hybridized carbons (Fsp3) is 0.350. The summed E-state index contributed by atoms with van der Waals surface area (Å²) in [6.45, 7) is 2.29. The van der Waals surface area contributed by atoms with Gasteiger partial charge in [0.25, 0.3) is 0 Å². The number of hydrogen-bond acceptors (Lipinski definition) is 2. The van der Waals surface area contributed by atoms with Crippen molar-refractivity contribution in [2.24, 2.45) is 0 Å². The van der Waals surface area contributed by atoms with Crippen LogP contribution < -0.4 is 0 Å². The summed E-state index contributed by atoms with van der Waals surface area (Å²) in [5, 5.41) is 9.22. The van der Waals surface area contributed by atoms with Crippen molar-refractivity contribution in [1.82, 2.24) is 9.38 Å². The van der Waals surface area contributed by atoms with Crippen molar-refractivity contribution >= 4 is 5.65 Å². The molecule has 0 aliphatic rings. The molecule has 1 N–H and O–H groups in total. The molecule has 0 unspecified atom stereocenters. The van der Waals surface area contributed by atoms with Gasteiger partial charge in [-0.1, -0.05) is 56.5 Å². The van der Waals surface area contributed by atoms with Gasteiger partial charge in [0.2, 0.25) is 0 Å². The number of nitrogens with zero attached hydrogens (tertiary/aromatic N) is 2. The average molecular weight is 308 g/mol. The number of aromatic nitrogens is 2. The quantitative estimate of drug-likeness (QED) is 0.647. The van der Waals surface area contributed by atoms with Crippen molar-refractivity contribution < 1.29 is 5.11 Å². The Hall–Kier alpha value is -2.13. The molecule has 0 spiro atoms. The summed E-state index contributed by atoms with van der Waals surface area (Å²) in [5.74, 6) is 0. The minimum atomic E-state index is 0.0518. The molecule has 2 heterocycles. The molecule has 120 valence electrons. The van der Waals surface area contributed by atoms with Crippen LogP contribution in [-0.2, 0) is 13.0 Å². The molecule has 2 aromatic heterocycles. The maximum atomic E-state index is 9.22. The van der Waals surface area contributed by atoms with Crippen molar-refractivity contribution in [3.05, 3.63) is 59.9 Å². The van der Waals surface area contributed by atoms with Crippen LogP contribution in [0, 0.1) is 0 Å². The van der Waals surface area contributed by atoms with E-state index in [2.05, 4.69) is 36.2 Å². The van der Waals surface area contributed by atoms with Crippen LogP contribution in [0.4, 0.5) is 0 Å². The fourth-order valence-corrected chi connectivity index (χ4v) is 2.87. The minimum Gasteiger partial charge on any atom is -0.392 e. The number of hydrogen-bond donors (Lipinski definition) is 1. The summed E-state index contributed by atoms with van der Waals surface area (Å²) in [6, 6.07) is 12.6. The maximum Gasteiger partial charge on any atom is 0.137 e. The van der Waals surface area contributed by atoms with Crippen LogP contribution in [0.1, 0.15) is 43.7 Å². The van der Waals surface area contributed by atoms with Crippen LogP contribution in [0.3, 0.4) is 0 Å². The third kappa shape index (κ3) is 3.80. The zero-order chi connectivity index (χ0) is 16.1. The van der Waals surface area contributed by atoms with Crippen LogP contribution in [0.25, 0.3) is 16.9 Å². The van der Waals surface area contributed by atoms with Gasteiger partial charge in [-0.15, -0.1) is 0 Å². The highest BCUT2D eigenvalue weighted by Crippen LogP contribution is 2.21. The fourth-order valence-electron chi connectivity index (χ4n) is 2.87. The van der Waals surface area contributed by atoms with E-state index >= 15 is 0 Å². The van der Waals surface area contributed by atoms with Gasteiger partial charge >= 0.3 is 0 Å². The third-order valence-electron chi connectivity index (χ3n) is 4.26. The van der Waals surface area contributed by atoms with Gasteiger partial charge in [0.15, 0.2) is 0 Å². The van der Waals surface area contributed by atoms with Crippen molar-refractivity contribution in [3.8, 4) is 11.3 Å². The van der Waals surface area contributed by atoms with Gasteiger partial charge < -0.3 is 9.51 Å². The molecule has 1 aromatic carbocycles. The van der Waals surface area contributed by atoms with Gasteiger partial charge in [0.1, 0.15) is 5.65 Å². The normalized spacial score (nSPS) is 11.2. The van der Waals surface area contributed by atoms with Gasteiger partial charge in [-0.25, -0.2) is 4.98 Å². The second-order valence-electron chi connectivity index (χ2n) is 6.09. The van der Waals surface area contributed by atoms with Gasteiger partial charge in [0, 0.05) is 18.0 Å². The van der Waals surface area contributed by atoms with Crippen molar-refractivity contribution in [2.75, 3.05) is 0 Å². The van der Waals surface area contributed by atoms with Crippen LogP contribution in [0.2, 0.25) is 0 Å². The Morgan fingerprint density at radius 2 is 1.70 bits per heavy atom. The molecule has 0 fully saturated rings. The smallest absolute Gasteiger partial charge is 0.137 e. The van der Waals surface area contributed by atoms with E-state index in [1.54, 1.807) is 0 Å². The van der Waals surface area contributed by atoms with Crippen LogP contribution in [0.5, 0.6) is 0 Å². The van der Waals surface area contributed by atoms with Crippen LogP contribution >= 0.6 is 0 Å². The van der Waals surface area contributed by atoms with E-state index in [4.69, 9.17) is 0 Å². The molecule has 0 aliphatic heterocycles. The Kier molecular flexibility index (Phi) is 5.09. The van der Waals surface area contributed by atoms with Crippen molar-refractivity contribution in [2.45, 2.75) is 45.6 Å². The van der Waals surface area contributed by atoms with Crippen LogP contribution in [-0.4, -0.2) is 14.5 Å². The Morgan fingerprint density at radius 1 is 0.913 bits per heavy atom. The zero-order valence-corrected chi connectivity index (χ0v) is 13.7. The molecule has 3 rings (SSSR count). The van der Waals surface area contributed by atoms with Crippen molar-refractivity contribution in [3.63, 3.8) is 0 Å². The minimum absolute atomic E-state index is 0.0518. The highest BCUT2D eigenvalue weighted by atomic mass is 16.3. The lowest BCUT2D eigenvalue weighted by Crippen LogP contribution is -1.88. The first-order chi connectivity index (χ1) is 11.3. The lowest BCUT2D eigenvalue weighted by atomic mass is 10.0. The van der Waals surface area contributed by atoms with E-state index in [1.165, 1.54) is 31.2 Å². The van der Waals surface area contributed by atoms with E-state index in [0.29, 0.717) is 0 Å². The highest BCUT2D eigenvalue weighted by Gasteiger charge is 2.05. The van der Waals surface area contributed by atoms with Gasteiger partial charge in [-0.3, -0.25) is 0 Å². The number of imidazole rings is 1. The van der Waals surface area contributed by atoms with Crippen molar-refractivity contribution in [1.29, 1.82) is 0 Å². The number of rotatable bonds is 7. The first kappa shape index (κ1) is 15.8. The molecule has 0 atom stereocenters. The molecule has 0 saturated heterocycles. The maximum absolute atomic E-state index is 9.22. The SMILES string of the molecule is CCCCCCc1ccc(-c2cn3cc(CO)ccc3n2)cc1. The number of aliphatic hydroxyl groups excluding tert-OH is 1. The van der Waals surface area contributed by atoms with Crippen LogP contribution in [0.15, 0.2) is 48.8 Å². The molecule has 3 heteroatoms. The Morgan fingerprint density at radius 3 is 2.43 bits per heavy atom. The molecule has 0 radical (unpaired) electrons. The molecule has 0 bridgehead atoms. The van der Waals surface area contributed by atoms with Gasteiger partial charge in [-0.2, -0.15) is 0 Å². The second kappa shape index (κ2) is 7.42. The average Bonchev–Trinajstić information content (AvgIpc) is 3.02. The first-order valence-corrected chi connectivity index (χ1v) is 8.48. The number of aliphatic hydroxyl groups is 1. The predicted molar refractivity (Wildman–Crippen MR) is 94.4 cm³/mol. The highest BCUT2D eigenvalue weighted by molar-refractivity contribution is 5.63. The summed E-state index contributed by atoms with van der Waals surface area (Å²) < 4.78 is 1.97. The topological polar surface area (TPSA) is 37.5 Å². The lowest BCUT2D eigenvalue weighted by molar-refractivity contribution is 0.281. The first-order valence-electron chi connectivity index (χ1n) is 8.48. The monoisotopic (exact) mass is 308 g/mol. The molecule has 0 saturated carbocycles. The summed E-state index contributed by atoms with van der Waals surface area (Å²) in [7, 11) is 0. The zero-order valence-electron chi connectivity index (χ0n) is 13.7. The van der Waals surface area contributed by atoms with E-state index < -0.39 is 0 Å². The van der Waals surface area contributed by atoms with E-state index in [1.807, 2.05) is 28.9 Å². The Bertz CT molecular complexity index is 759. The summed E-state index contributed by atoms with van der Waals surface area (Å²) in [5.41, 5.74) is 5.30. The Labute approximate surface area is 137 Å². The molecular weight excluding hydrogens is 284 g/mol. The molecule has 0 amide bonds. The number of aryl methyl sites for hydroxylation is 1. The third-order valence-corrected chi connectivity index (χ3v) is 4.26. The molecule has 3 nitrogen and oxygen atoms in total. The molecular formula is C20H24N2O. The number of pyridine rings is 1. The summed E-state index contributed by atoms with van der Waals surface area (Å²) in [4.78, 5) is 4.66. The predicted octanol–water partition coefficient (Wildman–Crippen LogP) is 4.62. The molecule has 0 aliphatic carbocycles. The van der Waals surface area contributed by atoms with Gasteiger partial charge in [0.05, 0.1) is 12.3 Å². The lowest BCUT2D eigenvalue weighted by Gasteiger charge is -2.02. The van der Waals surface area contributed by atoms with Gasteiger partial charge in [-0.05, 0) is 30.0 Å². The largest absolute Gasteiger partial charge is 0.392 e. The van der Waals surface area contributed by atoms with E-state index in [9.17, 15) is 5.11 Å². The Balaban J connectivity index is 1.73. The molecule has 3 aromatic rings. The number of fused-ring (bicyclic) bond motifs is 1. The standard InChI is InChI=1S/C20H24N2O/c1-2-3-4-5-6-16-7-10-18(11-8-16)19-14-22-13-17(15-23)9-12-20(22)21-19/h7-14,23H,2-6,15H2,1H3. The summed E-state index contributed by atoms with van der Waals surface area (Å²) >= 11 is 0. The summed E-state index contributed by atoms with van der Waals surface area (Å²) in [6.07, 6.45) is 10.3. The van der Waals surface area contributed by atoms with E-state index in [-0.39, 0.29) is 6.61 Å². The van der Waals surface area contributed by atoms with E-state index in [0.717, 1.165) is 28.9 Å².